The monoisotopic (exact) mass is 740 g/mol. The molecule has 0 aromatic heterocycles. The van der Waals surface area contributed by atoms with E-state index in [0.29, 0.717) is 19.8 Å². The molecule has 3 nitrogen and oxygen atoms in total. The van der Waals surface area contributed by atoms with Gasteiger partial charge in [0.25, 0.3) is 0 Å². The summed E-state index contributed by atoms with van der Waals surface area (Å²) in [5.41, 5.74) is -4.48. The lowest BCUT2D eigenvalue weighted by Gasteiger charge is -2.32. The van der Waals surface area contributed by atoms with E-state index in [1.54, 1.807) is 0 Å². The average molecular weight is 741 g/mol. The Morgan fingerprint density at radius 3 is 1.49 bits per heavy atom. The van der Waals surface area contributed by atoms with E-state index in [1.165, 1.54) is 32.1 Å². The van der Waals surface area contributed by atoms with Crippen LogP contribution in [0.25, 0.3) is 27.4 Å². The molecule has 0 heterocycles. The Balaban J connectivity index is 0.000000311. The number of halogens is 13. The number of hydrogen-bond acceptors (Lipinski definition) is 3. The normalized spacial score (nSPS) is 15.5. The third-order valence-corrected chi connectivity index (χ3v) is 10.9. The van der Waals surface area contributed by atoms with Crippen molar-refractivity contribution in [1.82, 2.24) is 0 Å². The van der Waals surface area contributed by atoms with Gasteiger partial charge in [-0.25, -0.2) is 39.5 Å². The average Bonchev–Trinajstić information content (AvgIpc) is 3.05. The molecule has 3 aromatic rings. The molecule has 0 atom stereocenters. The minimum Gasteiger partial charge on any atom is -0.374 e. The molecule has 0 aliphatic heterocycles. The van der Waals surface area contributed by atoms with Crippen LogP contribution in [0, 0.1) is 40.7 Å². The molecule has 0 amide bonds. The second kappa shape index (κ2) is 16.0. The number of rotatable bonds is 13. The molecule has 0 N–H and O–H groups in total. The Labute approximate surface area is 274 Å². The van der Waals surface area contributed by atoms with Gasteiger partial charge in [-0.15, -0.1) is 0 Å². The van der Waals surface area contributed by atoms with Crippen LogP contribution in [0.1, 0.15) is 77.3 Å². The van der Waals surface area contributed by atoms with Gasteiger partial charge in [0.05, 0.1) is 5.39 Å². The standard InChI is InChI=1S/C18HF13.C14H32O3Si/c19-3-1-2-4(13(24)16(27)18(30,31)17(2,28)29)6-5(3)7-8(11(22)9(6)20)12(23)15(26)14(25)10(7)21;1-5-9-10-11-12-13-14-18(15-6-2,16-7-3)17-8-4/h1H;5-14H2,1-4H3. The van der Waals surface area contributed by atoms with Gasteiger partial charge in [0.1, 0.15) is 5.82 Å². The van der Waals surface area contributed by atoms with E-state index in [-0.39, 0.29) is 0 Å². The zero-order valence-electron chi connectivity index (χ0n) is 26.8. The highest BCUT2D eigenvalue weighted by Gasteiger charge is 2.66. The van der Waals surface area contributed by atoms with E-state index < -0.39 is 112 Å². The summed E-state index contributed by atoms with van der Waals surface area (Å²) in [6, 6.07) is 0.391. The fourth-order valence-electron chi connectivity index (χ4n) is 5.56. The van der Waals surface area contributed by atoms with Crippen LogP contribution < -0.4 is 0 Å². The number of unbranched alkanes of at least 4 members (excludes halogenated alkanes) is 5. The first-order chi connectivity index (χ1) is 22.9. The lowest BCUT2D eigenvalue weighted by atomic mass is 9.84. The highest BCUT2D eigenvalue weighted by Crippen LogP contribution is 2.57. The van der Waals surface area contributed by atoms with Gasteiger partial charge in [0.2, 0.25) is 5.83 Å². The first-order valence-electron chi connectivity index (χ1n) is 15.4. The molecule has 0 bridgehead atoms. The summed E-state index contributed by atoms with van der Waals surface area (Å²) in [4.78, 5) is 0. The van der Waals surface area contributed by atoms with Gasteiger partial charge in [-0.3, -0.25) is 0 Å². The van der Waals surface area contributed by atoms with Crippen LogP contribution in [0.5, 0.6) is 0 Å². The lowest BCUT2D eigenvalue weighted by molar-refractivity contribution is -0.204. The number of allylic oxidation sites excluding steroid dienone is 1. The van der Waals surface area contributed by atoms with Crippen LogP contribution in [-0.2, 0) is 19.2 Å². The van der Waals surface area contributed by atoms with E-state index in [0.717, 1.165) is 12.5 Å². The minimum absolute atomic E-state index is 0.576. The van der Waals surface area contributed by atoms with Crippen molar-refractivity contribution < 1.29 is 70.4 Å². The number of alkyl halides is 4. The highest BCUT2D eigenvalue weighted by atomic mass is 28.4. The third kappa shape index (κ3) is 7.31. The summed E-state index contributed by atoms with van der Waals surface area (Å²) in [7, 11) is -2.36. The van der Waals surface area contributed by atoms with Crippen molar-refractivity contribution in [1.29, 1.82) is 0 Å². The first kappa shape index (κ1) is 40.5. The second-order valence-electron chi connectivity index (χ2n) is 10.9. The summed E-state index contributed by atoms with van der Waals surface area (Å²) in [5, 5.41) is -7.77. The van der Waals surface area contributed by atoms with Crippen molar-refractivity contribution in [3.8, 4) is 0 Å². The van der Waals surface area contributed by atoms with Crippen molar-refractivity contribution >= 4 is 36.2 Å². The molecule has 0 saturated carbocycles. The smallest absolute Gasteiger partial charge is 0.374 e. The van der Waals surface area contributed by atoms with Crippen LogP contribution in [0.4, 0.5) is 57.1 Å². The number of benzene rings is 3. The predicted molar refractivity (Wildman–Crippen MR) is 158 cm³/mol. The molecule has 1 aliphatic rings. The molecule has 4 rings (SSSR count). The Morgan fingerprint density at radius 2 is 0.980 bits per heavy atom. The van der Waals surface area contributed by atoms with Crippen LogP contribution in [0.15, 0.2) is 11.9 Å². The van der Waals surface area contributed by atoms with Gasteiger partial charge in [0, 0.05) is 53.2 Å². The van der Waals surface area contributed by atoms with Crippen LogP contribution >= 0.6 is 0 Å². The van der Waals surface area contributed by atoms with Gasteiger partial charge in [0.15, 0.2) is 40.7 Å². The van der Waals surface area contributed by atoms with E-state index >= 15 is 0 Å². The second-order valence-corrected chi connectivity index (χ2v) is 13.7. The van der Waals surface area contributed by atoms with E-state index in [4.69, 9.17) is 13.3 Å². The topological polar surface area (TPSA) is 27.7 Å². The molecule has 3 aromatic carbocycles. The highest BCUT2D eigenvalue weighted by molar-refractivity contribution is 6.60. The Kier molecular flexibility index (Phi) is 13.2. The van der Waals surface area contributed by atoms with Gasteiger partial charge in [-0.05, 0) is 33.3 Å². The minimum atomic E-state index is -5.87. The van der Waals surface area contributed by atoms with E-state index in [1.807, 2.05) is 20.8 Å². The Morgan fingerprint density at radius 1 is 0.531 bits per heavy atom. The molecule has 274 valence electrons. The van der Waals surface area contributed by atoms with Crippen molar-refractivity contribution in [2.75, 3.05) is 19.8 Å². The van der Waals surface area contributed by atoms with Gasteiger partial charge >= 0.3 is 20.6 Å². The summed E-state index contributed by atoms with van der Waals surface area (Å²) in [5.74, 6) is -35.8. The summed E-state index contributed by atoms with van der Waals surface area (Å²) >= 11 is 0. The SMILES string of the molecule is CCCCCCCC[Si](OCC)(OCC)OCC.FC1=C(F)C(F)(F)C(F)(F)c2cc(F)c3c(c(F)c(F)c4c(F)c(F)c(F)c(F)c43)c21. The zero-order valence-corrected chi connectivity index (χ0v) is 27.8. The van der Waals surface area contributed by atoms with Gasteiger partial charge in [-0.1, -0.05) is 39.0 Å². The first-order valence-corrected chi connectivity index (χ1v) is 17.4. The quantitative estimate of drug-likeness (QED) is 0.0436. The maximum absolute atomic E-state index is 14.6. The summed E-state index contributed by atoms with van der Waals surface area (Å²) in [6.45, 7) is 10.3. The molecule has 1 aliphatic carbocycles. The molecular formula is C32H33F13O3Si. The lowest BCUT2D eigenvalue weighted by Crippen LogP contribution is -2.45. The molecule has 0 spiro atoms. The molecule has 0 fully saturated rings. The fourth-order valence-corrected chi connectivity index (χ4v) is 8.24. The Bertz CT molecular complexity index is 1700. The fraction of sp³-hybridized carbons (Fsp3) is 0.500. The number of fused-ring (bicyclic) bond motifs is 5. The maximum atomic E-state index is 14.6. The molecule has 0 radical (unpaired) electrons. The van der Waals surface area contributed by atoms with Crippen LogP contribution in [-0.4, -0.2) is 34.5 Å². The summed E-state index contributed by atoms with van der Waals surface area (Å²) < 4.78 is 200. The molecule has 49 heavy (non-hydrogen) atoms. The van der Waals surface area contributed by atoms with Gasteiger partial charge < -0.3 is 13.3 Å². The van der Waals surface area contributed by atoms with Crippen molar-refractivity contribution in [2.24, 2.45) is 0 Å². The zero-order chi connectivity index (χ0) is 37.1. The molecular weight excluding hydrogens is 707 g/mol. The van der Waals surface area contributed by atoms with Crippen LogP contribution in [0.3, 0.4) is 0 Å². The van der Waals surface area contributed by atoms with Crippen LogP contribution in [0.2, 0.25) is 6.04 Å². The third-order valence-electron chi connectivity index (χ3n) is 7.78. The van der Waals surface area contributed by atoms with Crippen molar-refractivity contribution in [3.63, 3.8) is 0 Å². The maximum Gasteiger partial charge on any atom is 0.500 e. The molecule has 0 unspecified atom stereocenters. The molecule has 0 saturated heterocycles. The van der Waals surface area contributed by atoms with Crippen molar-refractivity contribution in [3.05, 3.63) is 63.7 Å². The largest absolute Gasteiger partial charge is 0.500 e. The Hall–Kier alpha value is -2.89. The van der Waals surface area contributed by atoms with Crippen molar-refractivity contribution in [2.45, 2.75) is 84.1 Å². The van der Waals surface area contributed by atoms with E-state index in [2.05, 4.69) is 6.92 Å². The number of hydrogen-bond donors (Lipinski definition) is 0. The van der Waals surface area contributed by atoms with E-state index in [9.17, 15) is 57.1 Å². The summed E-state index contributed by atoms with van der Waals surface area (Å²) in [6.07, 6.45) is 7.75. The van der Waals surface area contributed by atoms with Gasteiger partial charge in [-0.2, -0.15) is 17.6 Å². The predicted octanol–water partition coefficient (Wildman–Crippen LogP) is 11.7. The molecule has 17 heteroatoms.